The summed E-state index contributed by atoms with van der Waals surface area (Å²) in [4.78, 5) is 71.6. The molecule has 0 bridgehead atoms. The highest BCUT2D eigenvalue weighted by atomic mass is 31.2. The molecule has 0 saturated heterocycles. The summed E-state index contributed by atoms with van der Waals surface area (Å²) in [5.74, 6) is -1.42. The van der Waals surface area contributed by atoms with E-state index in [-0.39, 0.29) is 25.7 Å². The number of hydrogen-bond acceptors (Lipinski definition) is 15. The molecule has 19 heteroatoms. The number of carbonyl (C=O) groups excluding carboxylic acids is 4. The highest BCUT2D eigenvalue weighted by Gasteiger charge is 2.30. The molecule has 0 spiro atoms. The van der Waals surface area contributed by atoms with Gasteiger partial charge in [-0.25, -0.2) is 9.13 Å². The molecular weight excluding hydrogens is 1020 g/mol. The highest BCUT2D eigenvalue weighted by molar-refractivity contribution is 7.47. The summed E-state index contributed by atoms with van der Waals surface area (Å²) in [5.41, 5.74) is 0. The monoisotopic (exact) mass is 1130 g/mol. The van der Waals surface area contributed by atoms with E-state index in [1.807, 2.05) is 0 Å². The van der Waals surface area contributed by atoms with Crippen LogP contribution in [-0.4, -0.2) is 96.7 Å². The first-order chi connectivity index (χ1) is 36.5. The van der Waals surface area contributed by atoms with Gasteiger partial charge in [-0.1, -0.05) is 227 Å². The van der Waals surface area contributed by atoms with Crippen molar-refractivity contribution >= 4 is 39.5 Å². The second-order valence-corrected chi connectivity index (χ2v) is 24.1. The Balaban J connectivity index is 5.18. The number of aliphatic hydroxyl groups is 1. The zero-order valence-electron chi connectivity index (χ0n) is 48.4. The minimum atomic E-state index is -4.93. The molecule has 0 heterocycles. The zero-order chi connectivity index (χ0) is 56.4. The second-order valence-electron chi connectivity index (χ2n) is 21.2. The number of carbonyl (C=O) groups is 4. The third kappa shape index (κ3) is 51.5. The molecule has 0 fully saturated rings. The molecule has 0 aromatic carbocycles. The first-order valence-electron chi connectivity index (χ1n) is 30.1. The average Bonchev–Trinajstić information content (AvgIpc) is 3.38. The average molecular weight is 1130 g/mol. The molecule has 2 unspecified atom stereocenters. The number of unbranched alkanes of at least 4 members (excludes halogenated alkanes) is 29. The Labute approximate surface area is 460 Å². The second kappa shape index (κ2) is 51.2. The molecule has 17 nitrogen and oxygen atoms in total. The summed E-state index contributed by atoms with van der Waals surface area (Å²) in [6.45, 7) is 7.00. The summed E-state index contributed by atoms with van der Waals surface area (Å²) in [6.07, 6.45) is 32.4. The van der Waals surface area contributed by atoms with Crippen LogP contribution in [0.3, 0.4) is 0 Å². The Bertz CT molecular complexity index is 1500. The third-order valence-corrected chi connectivity index (χ3v) is 14.9. The minimum Gasteiger partial charge on any atom is -0.462 e. The fourth-order valence-electron chi connectivity index (χ4n) is 8.34. The maximum absolute atomic E-state index is 12.9. The molecule has 0 aliphatic carbocycles. The lowest BCUT2D eigenvalue weighted by Crippen LogP contribution is -2.30. The molecule has 0 aliphatic heterocycles. The van der Waals surface area contributed by atoms with Crippen molar-refractivity contribution in [1.29, 1.82) is 0 Å². The van der Waals surface area contributed by atoms with E-state index in [2.05, 4.69) is 34.6 Å². The van der Waals surface area contributed by atoms with Crippen LogP contribution in [0, 0.1) is 5.92 Å². The zero-order valence-corrected chi connectivity index (χ0v) is 50.2. The summed E-state index contributed by atoms with van der Waals surface area (Å²) in [6, 6.07) is 0. The lowest BCUT2D eigenvalue weighted by atomic mass is 10.0. The van der Waals surface area contributed by atoms with E-state index in [1.165, 1.54) is 96.3 Å². The molecule has 5 atom stereocenters. The molecule has 0 saturated carbocycles. The number of esters is 4. The highest BCUT2D eigenvalue weighted by Crippen LogP contribution is 2.45. The van der Waals surface area contributed by atoms with Crippen LogP contribution in [0.2, 0.25) is 0 Å². The van der Waals surface area contributed by atoms with Crippen LogP contribution in [0.15, 0.2) is 0 Å². The molecule has 0 aromatic rings. The smallest absolute Gasteiger partial charge is 0.462 e. The number of phosphoric ester groups is 2. The van der Waals surface area contributed by atoms with E-state index in [4.69, 9.17) is 37.0 Å². The van der Waals surface area contributed by atoms with Crippen molar-refractivity contribution in [2.45, 2.75) is 297 Å². The first kappa shape index (κ1) is 74.1. The lowest BCUT2D eigenvalue weighted by molar-refractivity contribution is -0.161. The van der Waals surface area contributed by atoms with E-state index in [0.717, 1.165) is 102 Å². The van der Waals surface area contributed by atoms with Crippen molar-refractivity contribution in [1.82, 2.24) is 0 Å². The van der Waals surface area contributed by atoms with Gasteiger partial charge in [-0.15, -0.1) is 0 Å². The van der Waals surface area contributed by atoms with E-state index < -0.39 is 97.5 Å². The maximum atomic E-state index is 12.9. The number of aliphatic hydroxyl groups excluding tert-OH is 1. The van der Waals surface area contributed by atoms with E-state index >= 15 is 0 Å². The minimum absolute atomic E-state index is 0.105. The van der Waals surface area contributed by atoms with Crippen molar-refractivity contribution in [3.63, 3.8) is 0 Å². The van der Waals surface area contributed by atoms with Crippen molar-refractivity contribution in [2.75, 3.05) is 39.6 Å². The molecule has 450 valence electrons. The van der Waals surface area contributed by atoms with Crippen LogP contribution in [-0.2, 0) is 65.4 Å². The predicted octanol–water partition coefficient (Wildman–Crippen LogP) is 15.1. The molecule has 0 aliphatic rings. The summed E-state index contributed by atoms with van der Waals surface area (Å²) < 4.78 is 67.5. The Hall–Kier alpha value is -1.94. The predicted molar refractivity (Wildman–Crippen MR) is 298 cm³/mol. The lowest BCUT2D eigenvalue weighted by Gasteiger charge is -2.21. The fraction of sp³-hybridized carbons (Fsp3) is 0.930. The number of hydrogen-bond donors (Lipinski definition) is 3. The molecular formula is C57H110O17P2. The van der Waals surface area contributed by atoms with Gasteiger partial charge in [0.25, 0.3) is 0 Å². The topological polar surface area (TPSA) is 237 Å². The van der Waals surface area contributed by atoms with Crippen LogP contribution >= 0.6 is 15.6 Å². The van der Waals surface area contributed by atoms with Crippen molar-refractivity contribution in [3.8, 4) is 0 Å². The van der Waals surface area contributed by atoms with Crippen molar-refractivity contribution < 1.29 is 80.2 Å². The maximum Gasteiger partial charge on any atom is 0.472 e. The van der Waals surface area contributed by atoms with Gasteiger partial charge in [0, 0.05) is 25.7 Å². The van der Waals surface area contributed by atoms with Gasteiger partial charge in [0.05, 0.1) is 26.4 Å². The van der Waals surface area contributed by atoms with Crippen LogP contribution in [0.1, 0.15) is 279 Å². The number of phosphoric acid groups is 2. The van der Waals surface area contributed by atoms with E-state index in [9.17, 15) is 43.2 Å². The third-order valence-electron chi connectivity index (χ3n) is 13.0. The van der Waals surface area contributed by atoms with Gasteiger partial charge in [-0.05, 0) is 31.6 Å². The van der Waals surface area contributed by atoms with Crippen LogP contribution in [0.25, 0.3) is 0 Å². The van der Waals surface area contributed by atoms with Crippen molar-refractivity contribution in [3.05, 3.63) is 0 Å². The van der Waals surface area contributed by atoms with Crippen LogP contribution in [0.5, 0.6) is 0 Å². The molecule has 0 aromatic heterocycles. The first-order valence-corrected chi connectivity index (χ1v) is 33.1. The van der Waals surface area contributed by atoms with Crippen molar-refractivity contribution in [2.24, 2.45) is 5.92 Å². The molecule has 3 N–H and O–H groups in total. The summed E-state index contributed by atoms with van der Waals surface area (Å²) in [5, 5.41) is 10.5. The standard InChI is InChI=1S/C57H110O17P2/c1-6-9-12-15-17-19-23-26-31-36-41-55(60)68-47-53(74-57(62)43-38-33-28-24-20-22-25-30-34-39-50(4)5)49-72-76(65,66)70-45-51(58)44-69-75(63,64)71-48-52(46-67-54(59)40-35-29-14-11-8-3)73-56(61)42-37-32-27-21-18-16-13-10-7-2/h50-53,58H,6-49H2,1-5H3,(H,63,64)(H,65,66)/t51-,52+,53+/m0/s1. The SMILES string of the molecule is CCCCCCCCCCCCC(=O)OC[C@H](COP(=O)(O)OC[C@@H](O)COP(=O)(O)OC[C@@H](COC(=O)CCCCCCC)OC(=O)CCCCCCCCCCC)OC(=O)CCCCCCCCCCCC(C)C. The van der Waals surface area contributed by atoms with E-state index in [0.29, 0.717) is 25.7 Å². The Morgan fingerprint density at radius 3 is 0.895 bits per heavy atom. The van der Waals surface area contributed by atoms with Gasteiger partial charge in [0.2, 0.25) is 0 Å². The Morgan fingerprint density at radius 1 is 0.355 bits per heavy atom. The number of ether oxygens (including phenoxy) is 4. The number of rotatable bonds is 57. The van der Waals surface area contributed by atoms with Gasteiger partial charge >= 0.3 is 39.5 Å². The molecule has 0 rings (SSSR count). The molecule has 76 heavy (non-hydrogen) atoms. The molecule has 0 amide bonds. The Morgan fingerprint density at radius 2 is 0.605 bits per heavy atom. The normalized spacial score (nSPS) is 14.4. The van der Waals surface area contributed by atoms with Crippen LogP contribution in [0.4, 0.5) is 0 Å². The Kier molecular flexibility index (Phi) is 49.9. The fourth-order valence-corrected chi connectivity index (χ4v) is 9.92. The summed E-state index contributed by atoms with van der Waals surface area (Å²) >= 11 is 0. The van der Waals surface area contributed by atoms with Gasteiger partial charge in [-0.3, -0.25) is 37.3 Å². The quantitative estimate of drug-likeness (QED) is 0.0222. The van der Waals surface area contributed by atoms with Gasteiger partial charge in [0.1, 0.15) is 19.3 Å². The summed E-state index contributed by atoms with van der Waals surface area (Å²) in [7, 11) is -9.86. The largest absolute Gasteiger partial charge is 0.472 e. The van der Waals surface area contributed by atoms with Gasteiger partial charge in [-0.2, -0.15) is 0 Å². The molecule has 0 radical (unpaired) electrons. The van der Waals surface area contributed by atoms with Crippen LogP contribution < -0.4 is 0 Å². The van der Waals surface area contributed by atoms with E-state index in [1.54, 1.807) is 0 Å². The van der Waals surface area contributed by atoms with Gasteiger partial charge in [0.15, 0.2) is 12.2 Å². The van der Waals surface area contributed by atoms with Gasteiger partial charge < -0.3 is 33.8 Å².